The van der Waals surface area contributed by atoms with Crippen LogP contribution in [0, 0.1) is 11.6 Å². The van der Waals surface area contributed by atoms with Crippen LogP contribution in [0.3, 0.4) is 0 Å². The molecule has 0 saturated carbocycles. The molecule has 0 aromatic heterocycles. The second-order valence-electron chi connectivity index (χ2n) is 10.4. The minimum Gasteiger partial charge on any atom is -0.496 e. The maximum absolute atomic E-state index is 13.5. The number of benzene rings is 3. The van der Waals surface area contributed by atoms with Crippen LogP contribution >= 0.6 is 0 Å². The second-order valence-corrected chi connectivity index (χ2v) is 10.4. The van der Waals surface area contributed by atoms with E-state index in [-0.39, 0.29) is 48.2 Å². The van der Waals surface area contributed by atoms with Gasteiger partial charge in [0.05, 0.1) is 31.2 Å². The van der Waals surface area contributed by atoms with Crippen molar-refractivity contribution in [3.63, 3.8) is 0 Å². The molecule has 0 radical (unpaired) electrons. The van der Waals surface area contributed by atoms with Gasteiger partial charge in [-0.1, -0.05) is 18.2 Å². The Balaban J connectivity index is 1.19. The third kappa shape index (κ3) is 7.03. The van der Waals surface area contributed by atoms with E-state index in [9.17, 15) is 23.2 Å². The summed E-state index contributed by atoms with van der Waals surface area (Å²) in [6, 6.07) is 14.1. The molecule has 3 atom stereocenters. The lowest BCUT2D eigenvalue weighted by atomic mass is 9.94. The highest BCUT2D eigenvalue weighted by molar-refractivity contribution is 6.02. The van der Waals surface area contributed by atoms with Gasteiger partial charge in [-0.15, -0.1) is 0 Å². The summed E-state index contributed by atoms with van der Waals surface area (Å²) in [5.74, 6) is -1.56. The van der Waals surface area contributed by atoms with Gasteiger partial charge in [-0.25, -0.2) is 13.6 Å². The van der Waals surface area contributed by atoms with Crippen molar-refractivity contribution >= 4 is 29.2 Å². The molecule has 4 amide bonds. The van der Waals surface area contributed by atoms with Crippen LogP contribution < -0.4 is 25.4 Å². The van der Waals surface area contributed by atoms with E-state index < -0.39 is 23.8 Å². The van der Waals surface area contributed by atoms with Gasteiger partial charge in [0.2, 0.25) is 5.91 Å². The van der Waals surface area contributed by atoms with Crippen molar-refractivity contribution in [1.29, 1.82) is 0 Å². The number of methoxy groups -OCH3 is 1. The SMILES string of the molecule is COc1ccccc1CNC(=O)C[C@@H]1CC[C@H]2[C@@H](COc3ccc(NC(=O)Nc4ccc(F)c(F)c4)cc3C(=O)N2C)O1. The summed E-state index contributed by atoms with van der Waals surface area (Å²) in [6.07, 6.45) is 0.602. The lowest BCUT2D eigenvalue weighted by molar-refractivity contribution is -0.134. The minimum absolute atomic E-state index is 0.0670. The highest BCUT2D eigenvalue weighted by Crippen LogP contribution is 2.32. The number of hydrogen-bond donors (Lipinski definition) is 3. The lowest BCUT2D eigenvalue weighted by Gasteiger charge is -2.42. The lowest BCUT2D eigenvalue weighted by Crippen LogP contribution is -2.53. The largest absolute Gasteiger partial charge is 0.496 e. The predicted octanol–water partition coefficient (Wildman–Crippen LogP) is 4.70. The summed E-state index contributed by atoms with van der Waals surface area (Å²) >= 11 is 0. The van der Waals surface area contributed by atoms with Crippen LogP contribution in [0.25, 0.3) is 0 Å². The van der Waals surface area contributed by atoms with Crippen LogP contribution in [-0.4, -0.2) is 61.8 Å². The second kappa shape index (κ2) is 13.1. The van der Waals surface area contributed by atoms with Crippen molar-refractivity contribution < 1.29 is 37.4 Å². The van der Waals surface area contributed by atoms with Gasteiger partial charge in [0.1, 0.15) is 24.2 Å². The van der Waals surface area contributed by atoms with Gasteiger partial charge in [-0.2, -0.15) is 0 Å². The Kier molecular flexibility index (Phi) is 9.05. The number of amides is 4. The highest BCUT2D eigenvalue weighted by atomic mass is 19.2. The smallest absolute Gasteiger partial charge is 0.323 e. The number of fused-ring (bicyclic) bond motifs is 2. The summed E-state index contributed by atoms with van der Waals surface area (Å²) in [7, 11) is 3.27. The fraction of sp³-hybridized carbons (Fsp3) is 0.323. The van der Waals surface area contributed by atoms with Crippen LogP contribution in [0.1, 0.15) is 35.2 Å². The molecule has 3 N–H and O–H groups in total. The minimum atomic E-state index is -1.09. The number of rotatable bonds is 7. The quantitative estimate of drug-likeness (QED) is 0.365. The Bertz CT molecular complexity index is 1520. The maximum Gasteiger partial charge on any atom is 0.323 e. The van der Waals surface area contributed by atoms with Gasteiger partial charge in [0.15, 0.2) is 11.6 Å². The number of halogens is 2. The van der Waals surface area contributed by atoms with Crippen molar-refractivity contribution in [2.24, 2.45) is 0 Å². The first-order valence-electron chi connectivity index (χ1n) is 13.8. The first-order valence-corrected chi connectivity index (χ1v) is 13.8. The van der Waals surface area contributed by atoms with Crippen molar-refractivity contribution in [3.8, 4) is 11.5 Å². The molecule has 43 heavy (non-hydrogen) atoms. The summed E-state index contributed by atoms with van der Waals surface area (Å²) in [5, 5.41) is 7.93. The van der Waals surface area contributed by atoms with Gasteiger partial charge in [0.25, 0.3) is 5.91 Å². The summed E-state index contributed by atoms with van der Waals surface area (Å²) in [5.41, 5.74) is 1.50. The molecule has 12 heteroatoms. The Hall–Kier alpha value is -4.71. The van der Waals surface area contributed by atoms with Gasteiger partial charge in [0, 0.05) is 36.6 Å². The number of hydrogen-bond acceptors (Lipinski definition) is 6. The van der Waals surface area contributed by atoms with Crippen molar-refractivity contribution in [2.45, 2.75) is 44.1 Å². The first kappa shape index (κ1) is 29.8. The fourth-order valence-corrected chi connectivity index (χ4v) is 5.29. The number of carbonyl (C=O) groups is 3. The summed E-state index contributed by atoms with van der Waals surface area (Å²) in [6.45, 7) is 0.500. The molecule has 2 heterocycles. The standard InChI is InChI=1S/C31H32F2N4O6/c1-37-25-11-9-21(15-29(38)34-16-18-5-3-4-6-26(18)41-2)43-28(25)17-42-27-12-8-19(13-22(27)30(37)39)35-31(40)36-20-7-10-23(32)24(33)14-20/h3-8,10,12-14,21,25,28H,9,11,15-17H2,1-2H3,(H,34,38)(H2,35,36,40)/t21-,25-,28+/m0/s1. The highest BCUT2D eigenvalue weighted by Gasteiger charge is 2.39. The Morgan fingerprint density at radius 1 is 1.00 bits per heavy atom. The van der Waals surface area contributed by atoms with E-state index in [2.05, 4.69) is 16.0 Å². The molecule has 0 spiro atoms. The van der Waals surface area contributed by atoms with Gasteiger partial charge in [-0.3, -0.25) is 9.59 Å². The Morgan fingerprint density at radius 2 is 1.74 bits per heavy atom. The molecule has 1 fully saturated rings. The third-order valence-electron chi connectivity index (χ3n) is 7.53. The van der Waals surface area contributed by atoms with E-state index in [0.717, 1.165) is 17.7 Å². The summed E-state index contributed by atoms with van der Waals surface area (Å²) in [4.78, 5) is 40.2. The zero-order valence-electron chi connectivity index (χ0n) is 23.7. The van der Waals surface area contributed by atoms with Crippen LogP contribution in [0.4, 0.5) is 25.0 Å². The van der Waals surface area contributed by atoms with E-state index in [1.165, 1.54) is 12.1 Å². The molecule has 2 aliphatic rings. The number of anilines is 2. The van der Waals surface area contributed by atoms with Crippen molar-refractivity contribution in [1.82, 2.24) is 10.2 Å². The topological polar surface area (TPSA) is 118 Å². The van der Waals surface area contributed by atoms with Crippen LogP contribution in [0.2, 0.25) is 0 Å². The zero-order valence-corrected chi connectivity index (χ0v) is 23.7. The number of likely N-dealkylation sites (N-methyl/N-ethyl adjacent to an activating group) is 1. The number of nitrogens with zero attached hydrogens (tertiary/aromatic N) is 1. The number of nitrogens with one attached hydrogen (secondary N) is 3. The fourth-order valence-electron chi connectivity index (χ4n) is 5.29. The van der Waals surface area contributed by atoms with Crippen LogP contribution in [-0.2, 0) is 16.1 Å². The third-order valence-corrected chi connectivity index (χ3v) is 7.53. The molecule has 3 aromatic carbocycles. The van der Waals surface area contributed by atoms with E-state index in [1.54, 1.807) is 31.2 Å². The maximum atomic E-state index is 13.5. The van der Waals surface area contributed by atoms with Crippen molar-refractivity contribution in [2.75, 3.05) is 31.4 Å². The molecular weight excluding hydrogens is 562 g/mol. The molecule has 226 valence electrons. The van der Waals surface area contributed by atoms with E-state index in [1.807, 2.05) is 24.3 Å². The normalized spacial score (nSPS) is 19.6. The predicted molar refractivity (Wildman–Crippen MR) is 154 cm³/mol. The Labute approximate surface area is 247 Å². The van der Waals surface area contributed by atoms with Gasteiger partial charge in [-0.05, 0) is 49.2 Å². The van der Waals surface area contributed by atoms with Gasteiger partial charge >= 0.3 is 6.03 Å². The molecule has 10 nitrogen and oxygen atoms in total. The summed E-state index contributed by atoms with van der Waals surface area (Å²) < 4.78 is 44.2. The molecule has 2 aliphatic heterocycles. The Morgan fingerprint density at radius 3 is 2.51 bits per heavy atom. The molecule has 5 rings (SSSR count). The molecular formula is C31H32F2N4O6. The van der Waals surface area contributed by atoms with Gasteiger partial charge < -0.3 is 35.1 Å². The zero-order chi connectivity index (χ0) is 30.5. The molecule has 0 aliphatic carbocycles. The van der Waals surface area contributed by atoms with Crippen LogP contribution in [0.5, 0.6) is 11.5 Å². The first-order chi connectivity index (χ1) is 20.7. The van der Waals surface area contributed by atoms with Crippen molar-refractivity contribution in [3.05, 3.63) is 83.4 Å². The molecule has 1 saturated heterocycles. The average Bonchev–Trinajstić information content (AvgIpc) is 3.00. The monoisotopic (exact) mass is 594 g/mol. The molecule has 0 bridgehead atoms. The van der Waals surface area contributed by atoms with E-state index in [4.69, 9.17) is 14.2 Å². The van der Waals surface area contributed by atoms with Crippen LogP contribution in [0.15, 0.2) is 60.7 Å². The van der Waals surface area contributed by atoms with E-state index in [0.29, 0.717) is 36.6 Å². The number of urea groups is 1. The number of ether oxygens (including phenoxy) is 3. The molecule has 0 unspecified atom stereocenters. The van der Waals surface area contributed by atoms with E-state index >= 15 is 0 Å². The average molecular weight is 595 g/mol. The molecule has 3 aromatic rings. The number of para-hydroxylation sites is 1. The number of carbonyl (C=O) groups excluding carboxylic acids is 3.